The highest BCUT2D eigenvalue weighted by Crippen LogP contribution is 2.32. The van der Waals surface area contributed by atoms with Crippen molar-refractivity contribution >= 4 is 51.9 Å². The standard InChI is InChI=1S/C21H18ClNO3S2/c1-2-10-23-20(24)19(28-21(23)27)14-15-6-5-7-16(13-15)25-11-12-26-18-9-4-3-8-17(18)22/h2-9,13-14H,1,10-12H2. The van der Waals surface area contributed by atoms with Crippen LogP contribution in [0.2, 0.25) is 5.02 Å². The molecule has 28 heavy (non-hydrogen) atoms. The molecule has 2 aromatic rings. The van der Waals surface area contributed by atoms with Gasteiger partial charge in [0.15, 0.2) is 0 Å². The van der Waals surface area contributed by atoms with Crippen LogP contribution in [-0.4, -0.2) is 34.9 Å². The maximum absolute atomic E-state index is 12.4. The van der Waals surface area contributed by atoms with Crippen molar-refractivity contribution in [2.45, 2.75) is 0 Å². The molecule has 0 saturated carbocycles. The van der Waals surface area contributed by atoms with Gasteiger partial charge in [-0.05, 0) is 35.9 Å². The molecule has 1 fully saturated rings. The first kappa shape index (κ1) is 20.5. The Morgan fingerprint density at radius 1 is 1.14 bits per heavy atom. The van der Waals surface area contributed by atoms with Gasteiger partial charge in [0.25, 0.3) is 5.91 Å². The van der Waals surface area contributed by atoms with E-state index in [0.717, 1.165) is 5.56 Å². The number of benzene rings is 2. The second-order valence-corrected chi connectivity index (χ2v) is 7.86. The molecule has 0 aromatic heterocycles. The van der Waals surface area contributed by atoms with E-state index in [-0.39, 0.29) is 5.91 Å². The zero-order valence-corrected chi connectivity index (χ0v) is 17.4. The lowest BCUT2D eigenvalue weighted by Crippen LogP contribution is -2.27. The molecule has 2 aromatic carbocycles. The van der Waals surface area contributed by atoms with Gasteiger partial charge in [-0.2, -0.15) is 0 Å². The van der Waals surface area contributed by atoms with Gasteiger partial charge in [0.1, 0.15) is 29.0 Å². The quantitative estimate of drug-likeness (QED) is 0.249. The molecule has 0 bridgehead atoms. The number of carbonyl (C=O) groups is 1. The second-order valence-electron chi connectivity index (χ2n) is 5.78. The van der Waals surface area contributed by atoms with Crippen LogP contribution in [0.3, 0.4) is 0 Å². The summed E-state index contributed by atoms with van der Waals surface area (Å²) in [4.78, 5) is 14.5. The number of thioether (sulfide) groups is 1. The van der Waals surface area contributed by atoms with E-state index in [1.807, 2.05) is 48.5 Å². The van der Waals surface area contributed by atoms with E-state index in [0.29, 0.717) is 45.5 Å². The summed E-state index contributed by atoms with van der Waals surface area (Å²) in [5.74, 6) is 1.22. The number of hydrogen-bond acceptors (Lipinski definition) is 5. The minimum absolute atomic E-state index is 0.102. The predicted octanol–water partition coefficient (Wildman–Crippen LogP) is 5.19. The zero-order valence-electron chi connectivity index (χ0n) is 15.0. The van der Waals surface area contributed by atoms with Gasteiger partial charge in [-0.15, -0.1) is 6.58 Å². The fourth-order valence-corrected chi connectivity index (χ4v) is 3.97. The molecule has 3 rings (SSSR count). The van der Waals surface area contributed by atoms with Gasteiger partial charge in [-0.1, -0.05) is 65.9 Å². The Morgan fingerprint density at radius 2 is 1.93 bits per heavy atom. The van der Waals surface area contributed by atoms with Crippen molar-refractivity contribution < 1.29 is 14.3 Å². The summed E-state index contributed by atoms with van der Waals surface area (Å²) in [5, 5.41) is 0.568. The topological polar surface area (TPSA) is 38.8 Å². The van der Waals surface area contributed by atoms with E-state index in [1.54, 1.807) is 12.1 Å². The fraction of sp³-hybridized carbons (Fsp3) is 0.143. The van der Waals surface area contributed by atoms with E-state index in [4.69, 9.17) is 33.3 Å². The van der Waals surface area contributed by atoms with Crippen molar-refractivity contribution in [3.63, 3.8) is 0 Å². The molecule has 1 aliphatic rings. The minimum Gasteiger partial charge on any atom is -0.490 e. The Kier molecular flexibility index (Phi) is 7.14. The fourth-order valence-electron chi connectivity index (χ4n) is 2.50. The number of halogens is 1. The van der Waals surface area contributed by atoms with Crippen molar-refractivity contribution in [1.82, 2.24) is 4.90 Å². The van der Waals surface area contributed by atoms with Gasteiger partial charge < -0.3 is 9.47 Å². The summed E-state index contributed by atoms with van der Waals surface area (Å²) in [7, 11) is 0. The first-order valence-electron chi connectivity index (χ1n) is 8.55. The van der Waals surface area contributed by atoms with Gasteiger partial charge in [-0.25, -0.2) is 0 Å². The van der Waals surface area contributed by atoms with Crippen LogP contribution in [0.1, 0.15) is 5.56 Å². The average molecular weight is 432 g/mol. The monoisotopic (exact) mass is 431 g/mol. The van der Waals surface area contributed by atoms with Gasteiger partial charge in [0, 0.05) is 6.54 Å². The van der Waals surface area contributed by atoms with Gasteiger partial charge >= 0.3 is 0 Å². The van der Waals surface area contributed by atoms with Crippen molar-refractivity contribution in [3.8, 4) is 11.5 Å². The summed E-state index contributed by atoms with van der Waals surface area (Å²) in [6.07, 6.45) is 3.47. The Balaban J connectivity index is 1.58. The Hall–Kier alpha value is -2.28. The normalized spacial score (nSPS) is 15.2. The molecule has 1 amide bonds. The predicted molar refractivity (Wildman–Crippen MR) is 119 cm³/mol. The summed E-state index contributed by atoms with van der Waals surface area (Å²) >= 11 is 12.6. The number of ether oxygens (including phenoxy) is 2. The van der Waals surface area contributed by atoms with Crippen LogP contribution in [0.25, 0.3) is 6.08 Å². The third-order valence-electron chi connectivity index (χ3n) is 3.79. The maximum Gasteiger partial charge on any atom is 0.266 e. The number of carbonyl (C=O) groups excluding carboxylic acids is 1. The van der Waals surface area contributed by atoms with Crippen molar-refractivity contribution in [2.24, 2.45) is 0 Å². The van der Waals surface area contributed by atoms with Crippen molar-refractivity contribution in [1.29, 1.82) is 0 Å². The Morgan fingerprint density at radius 3 is 2.71 bits per heavy atom. The first-order valence-corrected chi connectivity index (χ1v) is 10.1. The lowest BCUT2D eigenvalue weighted by Gasteiger charge is -2.10. The first-order chi connectivity index (χ1) is 13.6. The van der Waals surface area contributed by atoms with Crippen LogP contribution < -0.4 is 9.47 Å². The highest BCUT2D eigenvalue weighted by atomic mass is 35.5. The van der Waals surface area contributed by atoms with Gasteiger partial charge in [-0.3, -0.25) is 9.69 Å². The molecule has 1 aliphatic heterocycles. The SMILES string of the molecule is C=CCN1C(=O)C(=Cc2cccc(OCCOc3ccccc3Cl)c2)SC1=S. The van der Waals surface area contributed by atoms with E-state index >= 15 is 0 Å². The molecule has 0 radical (unpaired) electrons. The van der Waals surface area contributed by atoms with E-state index in [9.17, 15) is 4.79 Å². The average Bonchev–Trinajstić information content (AvgIpc) is 2.95. The number of thiocarbonyl (C=S) groups is 1. The number of para-hydroxylation sites is 1. The summed E-state index contributed by atoms with van der Waals surface area (Å²) in [6, 6.07) is 14.8. The highest BCUT2D eigenvalue weighted by Gasteiger charge is 2.30. The maximum atomic E-state index is 12.4. The number of rotatable bonds is 8. The van der Waals surface area contributed by atoms with Crippen molar-refractivity contribution in [3.05, 3.63) is 76.7 Å². The third-order valence-corrected chi connectivity index (χ3v) is 5.48. The minimum atomic E-state index is -0.102. The van der Waals surface area contributed by atoms with Crippen LogP contribution in [0.15, 0.2) is 66.1 Å². The largest absolute Gasteiger partial charge is 0.490 e. The molecule has 0 aliphatic carbocycles. The lowest BCUT2D eigenvalue weighted by atomic mass is 10.2. The molecule has 4 nitrogen and oxygen atoms in total. The van der Waals surface area contributed by atoms with E-state index in [1.165, 1.54) is 16.7 Å². The van der Waals surface area contributed by atoms with Crippen LogP contribution >= 0.6 is 35.6 Å². The molecule has 1 saturated heterocycles. The molecule has 0 unspecified atom stereocenters. The molecule has 0 spiro atoms. The highest BCUT2D eigenvalue weighted by molar-refractivity contribution is 8.26. The molecular formula is C21H18ClNO3S2. The summed E-state index contributed by atoms with van der Waals surface area (Å²) in [6.45, 7) is 4.81. The zero-order chi connectivity index (χ0) is 19.9. The smallest absolute Gasteiger partial charge is 0.266 e. The van der Waals surface area contributed by atoms with Crippen LogP contribution in [0.4, 0.5) is 0 Å². The van der Waals surface area contributed by atoms with Crippen LogP contribution in [-0.2, 0) is 4.79 Å². The van der Waals surface area contributed by atoms with Gasteiger partial charge in [0.2, 0.25) is 0 Å². The summed E-state index contributed by atoms with van der Waals surface area (Å²) in [5.41, 5.74) is 0.864. The number of amides is 1. The molecule has 1 heterocycles. The Labute approximate surface area is 178 Å². The Bertz CT molecular complexity index is 929. The molecule has 0 atom stereocenters. The summed E-state index contributed by atoms with van der Waals surface area (Å²) < 4.78 is 11.9. The lowest BCUT2D eigenvalue weighted by molar-refractivity contribution is -0.121. The number of hydrogen-bond donors (Lipinski definition) is 0. The second kappa shape index (κ2) is 9.78. The third kappa shape index (κ3) is 5.16. The van der Waals surface area contributed by atoms with Gasteiger partial charge in [0.05, 0.1) is 9.93 Å². The molecule has 144 valence electrons. The number of nitrogens with zero attached hydrogens (tertiary/aromatic N) is 1. The van der Waals surface area contributed by atoms with Crippen molar-refractivity contribution in [2.75, 3.05) is 19.8 Å². The van der Waals surface area contributed by atoms with E-state index < -0.39 is 0 Å². The molecular weight excluding hydrogens is 414 g/mol. The molecule has 0 N–H and O–H groups in total. The molecule has 7 heteroatoms. The van der Waals surface area contributed by atoms with E-state index in [2.05, 4.69) is 6.58 Å². The van der Waals surface area contributed by atoms with Crippen LogP contribution in [0, 0.1) is 0 Å². The van der Waals surface area contributed by atoms with Crippen LogP contribution in [0.5, 0.6) is 11.5 Å².